The largest absolute Gasteiger partial charge is 0.495 e. The Labute approximate surface area is 190 Å². The fraction of sp³-hybridized carbons (Fsp3) is 0.143. The zero-order valence-corrected chi connectivity index (χ0v) is 18.3. The normalized spacial score (nSPS) is 12.2. The Morgan fingerprint density at radius 3 is 2.45 bits per heavy atom. The van der Waals surface area contributed by atoms with Gasteiger partial charge in [0.1, 0.15) is 22.2 Å². The second-order valence-electron chi connectivity index (χ2n) is 6.82. The number of furan rings is 1. The van der Waals surface area contributed by atoms with E-state index in [2.05, 4.69) is 10.1 Å². The van der Waals surface area contributed by atoms with E-state index in [1.807, 2.05) is 0 Å². The van der Waals surface area contributed by atoms with Crippen molar-refractivity contribution in [3.63, 3.8) is 0 Å². The molecule has 0 aliphatic heterocycles. The Hall–Kier alpha value is -3.31. The number of aromatic nitrogens is 2. The van der Waals surface area contributed by atoms with Gasteiger partial charge in [0.25, 0.3) is 5.89 Å². The number of methoxy groups -OCH3 is 1. The van der Waals surface area contributed by atoms with Crippen LogP contribution in [0.5, 0.6) is 5.75 Å². The predicted octanol–water partition coefficient (Wildman–Crippen LogP) is 5.65. The summed E-state index contributed by atoms with van der Waals surface area (Å²) in [6.45, 7) is 0. The molecule has 0 bridgehead atoms. The van der Waals surface area contributed by atoms with Crippen molar-refractivity contribution >= 4 is 21.4 Å². The third kappa shape index (κ3) is 4.88. The predicted molar refractivity (Wildman–Crippen MR) is 111 cm³/mol. The van der Waals surface area contributed by atoms with Crippen molar-refractivity contribution < 1.29 is 35.3 Å². The number of halogens is 4. The van der Waals surface area contributed by atoms with E-state index in [9.17, 15) is 21.6 Å². The molecule has 2 heterocycles. The Kier molecular flexibility index (Phi) is 5.93. The molecule has 4 aromatic rings. The molecule has 7 nitrogen and oxygen atoms in total. The summed E-state index contributed by atoms with van der Waals surface area (Å²) in [5.41, 5.74) is -0.497. The van der Waals surface area contributed by atoms with Crippen LogP contribution in [0.15, 0.2) is 68.4 Å². The van der Waals surface area contributed by atoms with Gasteiger partial charge in [-0.15, -0.1) is 0 Å². The third-order valence-electron chi connectivity index (χ3n) is 4.56. The lowest BCUT2D eigenvalue weighted by Gasteiger charge is -2.09. The fourth-order valence-electron chi connectivity index (χ4n) is 2.98. The minimum Gasteiger partial charge on any atom is -0.495 e. The lowest BCUT2D eigenvalue weighted by atomic mass is 10.1. The number of hydrogen-bond donors (Lipinski definition) is 0. The molecule has 0 spiro atoms. The Morgan fingerprint density at radius 2 is 1.79 bits per heavy atom. The first-order chi connectivity index (χ1) is 15.6. The smallest absolute Gasteiger partial charge is 0.416 e. The van der Waals surface area contributed by atoms with Crippen LogP contribution in [-0.2, 0) is 21.8 Å². The Balaban J connectivity index is 1.55. The monoisotopic (exact) mass is 498 g/mol. The zero-order valence-electron chi connectivity index (χ0n) is 16.8. The van der Waals surface area contributed by atoms with E-state index in [0.717, 1.165) is 12.1 Å². The molecule has 4 rings (SSSR count). The molecular weight excluding hydrogens is 485 g/mol. The van der Waals surface area contributed by atoms with Gasteiger partial charge in [0.05, 0.1) is 12.7 Å². The zero-order chi connectivity index (χ0) is 23.8. The lowest BCUT2D eigenvalue weighted by Crippen LogP contribution is -2.06. The molecule has 172 valence electrons. The molecule has 0 saturated heterocycles. The number of hydrogen-bond acceptors (Lipinski definition) is 7. The second-order valence-corrected chi connectivity index (χ2v) is 9.21. The highest BCUT2D eigenvalue weighted by molar-refractivity contribution is 7.90. The van der Waals surface area contributed by atoms with Crippen LogP contribution in [-0.4, -0.2) is 25.7 Å². The first-order valence-electron chi connectivity index (χ1n) is 9.23. The molecule has 0 radical (unpaired) electrons. The molecule has 2 aromatic heterocycles. The van der Waals surface area contributed by atoms with Gasteiger partial charge in [-0.05, 0) is 42.5 Å². The number of alkyl halides is 3. The van der Waals surface area contributed by atoms with Gasteiger partial charge in [0.15, 0.2) is 15.6 Å². The number of benzene rings is 2. The first kappa shape index (κ1) is 22.9. The van der Waals surface area contributed by atoms with Gasteiger partial charge in [0, 0.05) is 10.6 Å². The minimum absolute atomic E-state index is 0.0490. The fourth-order valence-corrected chi connectivity index (χ4v) is 4.66. The van der Waals surface area contributed by atoms with E-state index in [4.69, 9.17) is 25.3 Å². The van der Waals surface area contributed by atoms with Crippen molar-refractivity contribution in [3.8, 4) is 28.8 Å². The molecule has 0 N–H and O–H groups in total. The maximum absolute atomic E-state index is 12.8. The van der Waals surface area contributed by atoms with Gasteiger partial charge in [-0.3, -0.25) is 0 Å². The highest BCUT2D eigenvalue weighted by Gasteiger charge is 2.30. The van der Waals surface area contributed by atoms with Crippen molar-refractivity contribution in [1.29, 1.82) is 0 Å². The molecule has 0 atom stereocenters. The van der Waals surface area contributed by atoms with Crippen molar-refractivity contribution in [2.24, 2.45) is 0 Å². The molecule has 0 aliphatic carbocycles. The molecule has 2 aromatic carbocycles. The number of nitrogens with zero attached hydrogens (tertiary/aromatic N) is 2. The molecule has 0 saturated carbocycles. The van der Waals surface area contributed by atoms with E-state index in [0.29, 0.717) is 5.56 Å². The van der Waals surface area contributed by atoms with Crippen LogP contribution in [0.2, 0.25) is 5.02 Å². The van der Waals surface area contributed by atoms with Crippen LogP contribution in [0.1, 0.15) is 11.3 Å². The van der Waals surface area contributed by atoms with Crippen molar-refractivity contribution in [1.82, 2.24) is 10.1 Å². The highest BCUT2D eigenvalue weighted by Crippen LogP contribution is 2.32. The molecule has 0 aliphatic rings. The SMILES string of the molecule is COc1ccc(Cl)cc1S(=O)(=O)Cc1ccc(-c2nc(-c3ccc(C(F)(F)F)cc3)no2)o1. The standard InChI is InChI=1S/C21H14ClF3N2O5S/c1-30-16-8-6-14(22)10-18(16)33(28,29)11-15-7-9-17(31-15)20-26-19(27-32-20)12-2-4-13(5-3-12)21(23,24)25/h2-10H,11H2,1H3. The van der Waals surface area contributed by atoms with Gasteiger partial charge in [-0.25, -0.2) is 8.42 Å². The van der Waals surface area contributed by atoms with E-state index >= 15 is 0 Å². The van der Waals surface area contributed by atoms with Crippen molar-refractivity contribution in [3.05, 3.63) is 70.9 Å². The summed E-state index contributed by atoms with van der Waals surface area (Å²) in [4.78, 5) is 4.02. The summed E-state index contributed by atoms with van der Waals surface area (Å²) < 4.78 is 79.6. The summed E-state index contributed by atoms with van der Waals surface area (Å²) in [5.74, 6) is -0.153. The van der Waals surface area contributed by atoms with Gasteiger partial charge in [-0.2, -0.15) is 18.2 Å². The summed E-state index contributed by atoms with van der Waals surface area (Å²) in [7, 11) is -2.52. The van der Waals surface area contributed by atoms with Crippen LogP contribution in [0.4, 0.5) is 13.2 Å². The summed E-state index contributed by atoms with van der Waals surface area (Å²) in [6.07, 6.45) is -4.46. The topological polar surface area (TPSA) is 95.4 Å². The highest BCUT2D eigenvalue weighted by atomic mass is 35.5. The van der Waals surface area contributed by atoms with Gasteiger partial charge in [0.2, 0.25) is 5.82 Å². The average molecular weight is 499 g/mol. The van der Waals surface area contributed by atoms with Crippen LogP contribution >= 0.6 is 11.6 Å². The molecule has 33 heavy (non-hydrogen) atoms. The number of rotatable bonds is 6. The molecule has 12 heteroatoms. The minimum atomic E-state index is -4.46. The van der Waals surface area contributed by atoms with E-state index in [1.54, 1.807) is 0 Å². The molecular formula is C21H14ClF3N2O5S. The summed E-state index contributed by atoms with van der Waals surface area (Å²) >= 11 is 5.92. The molecule has 0 fully saturated rings. The van der Waals surface area contributed by atoms with Crippen molar-refractivity contribution in [2.75, 3.05) is 7.11 Å². The van der Waals surface area contributed by atoms with Gasteiger partial charge < -0.3 is 13.7 Å². The van der Waals surface area contributed by atoms with E-state index in [-0.39, 0.29) is 38.9 Å². The maximum Gasteiger partial charge on any atom is 0.416 e. The maximum atomic E-state index is 12.8. The van der Waals surface area contributed by atoms with Gasteiger partial charge >= 0.3 is 6.18 Å². The van der Waals surface area contributed by atoms with Crippen LogP contribution in [0.25, 0.3) is 23.0 Å². The lowest BCUT2D eigenvalue weighted by molar-refractivity contribution is -0.137. The average Bonchev–Trinajstić information content (AvgIpc) is 3.42. The first-order valence-corrected chi connectivity index (χ1v) is 11.3. The van der Waals surface area contributed by atoms with Crippen LogP contribution < -0.4 is 4.74 Å². The van der Waals surface area contributed by atoms with E-state index < -0.39 is 27.3 Å². The molecule has 0 unspecified atom stereocenters. The molecule has 0 amide bonds. The van der Waals surface area contributed by atoms with Crippen molar-refractivity contribution in [2.45, 2.75) is 16.8 Å². The van der Waals surface area contributed by atoms with E-state index in [1.165, 1.54) is 49.6 Å². The summed E-state index contributed by atoms with van der Waals surface area (Å²) in [6, 6.07) is 11.4. The Bertz CT molecular complexity index is 1400. The van der Waals surface area contributed by atoms with Crippen LogP contribution in [0.3, 0.4) is 0 Å². The number of sulfone groups is 1. The quantitative estimate of drug-likeness (QED) is 0.339. The van der Waals surface area contributed by atoms with Crippen LogP contribution in [0, 0.1) is 0 Å². The van der Waals surface area contributed by atoms with Gasteiger partial charge in [-0.1, -0.05) is 28.9 Å². The Morgan fingerprint density at radius 1 is 1.06 bits per heavy atom. The third-order valence-corrected chi connectivity index (χ3v) is 6.45. The summed E-state index contributed by atoms with van der Waals surface area (Å²) in [5, 5.41) is 3.97. The second kappa shape index (κ2) is 8.56. The number of ether oxygens (including phenoxy) is 1.